The maximum absolute atomic E-state index is 12.3. The van der Waals surface area contributed by atoms with Gasteiger partial charge in [-0.1, -0.05) is 19.3 Å². The molecule has 4 nitrogen and oxygen atoms in total. The van der Waals surface area contributed by atoms with Gasteiger partial charge in [-0.3, -0.25) is 4.79 Å². The number of rotatable bonds is 5. The van der Waals surface area contributed by atoms with Crippen LogP contribution in [0, 0.1) is 5.92 Å². The van der Waals surface area contributed by atoms with E-state index in [-0.39, 0.29) is 17.5 Å². The number of carbonyl (C=O) groups excluding carboxylic acids is 1. The summed E-state index contributed by atoms with van der Waals surface area (Å²) in [5.74, 6) is 0.677. The van der Waals surface area contributed by atoms with Crippen LogP contribution in [0.5, 0.6) is 0 Å². The van der Waals surface area contributed by atoms with Crippen molar-refractivity contribution >= 4 is 5.91 Å². The molecule has 2 fully saturated rings. The zero-order chi connectivity index (χ0) is 13.7. The maximum atomic E-state index is 12.3. The van der Waals surface area contributed by atoms with E-state index < -0.39 is 0 Å². The van der Waals surface area contributed by atoms with Gasteiger partial charge >= 0.3 is 0 Å². The lowest BCUT2D eigenvalue weighted by Gasteiger charge is -2.37. The van der Waals surface area contributed by atoms with E-state index >= 15 is 0 Å². The van der Waals surface area contributed by atoms with Gasteiger partial charge < -0.3 is 15.4 Å². The van der Waals surface area contributed by atoms with Gasteiger partial charge in [0.25, 0.3) is 0 Å². The van der Waals surface area contributed by atoms with Crippen LogP contribution in [0.2, 0.25) is 0 Å². The van der Waals surface area contributed by atoms with Gasteiger partial charge in [-0.15, -0.1) is 0 Å². The van der Waals surface area contributed by atoms with Crippen LogP contribution < -0.4 is 10.6 Å². The zero-order valence-corrected chi connectivity index (χ0v) is 12.3. The summed E-state index contributed by atoms with van der Waals surface area (Å²) in [7, 11) is 1.99. The van der Waals surface area contributed by atoms with Crippen LogP contribution in [0.25, 0.3) is 0 Å². The third kappa shape index (κ3) is 3.93. The highest BCUT2D eigenvalue weighted by Gasteiger charge is 2.33. The second-order valence-electron chi connectivity index (χ2n) is 6.25. The van der Waals surface area contributed by atoms with E-state index in [1.807, 2.05) is 7.05 Å². The van der Waals surface area contributed by atoms with E-state index in [0.717, 1.165) is 32.5 Å². The summed E-state index contributed by atoms with van der Waals surface area (Å²) in [5, 5.41) is 6.57. The van der Waals surface area contributed by atoms with Gasteiger partial charge in [0.1, 0.15) is 0 Å². The SMILES string of the molecule is CNC1(CC(=O)NC(C)C2CCOC2)CCCCC1. The topological polar surface area (TPSA) is 50.4 Å². The molecule has 2 atom stereocenters. The van der Waals surface area contributed by atoms with Gasteiger partial charge in [0.15, 0.2) is 0 Å². The Morgan fingerprint density at radius 3 is 2.68 bits per heavy atom. The molecule has 2 unspecified atom stereocenters. The molecule has 0 aromatic rings. The summed E-state index contributed by atoms with van der Waals surface area (Å²) in [5.41, 5.74) is 0.0359. The Balaban J connectivity index is 1.81. The number of nitrogens with one attached hydrogen (secondary N) is 2. The standard InChI is InChI=1S/C15H28N2O2/c1-12(13-6-9-19-11-13)17-14(18)10-15(16-2)7-4-3-5-8-15/h12-13,16H,3-11H2,1-2H3,(H,17,18). The molecule has 4 heteroatoms. The van der Waals surface area contributed by atoms with E-state index in [0.29, 0.717) is 12.3 Å². The molecule has 1 saturated carbocycles. The molecule has 2 N–H and O–H groups in total. The first-order valence-corrected chi connectivity index (χ1v) is 7.71. The maximum Gasteiger partial charge on any atom is 0.222 e. The van der Waals surface area contributed by atoms with Gasteiger partial charge in [-0.05, 0) is 33.2 Å². The van der Waals surface area contributed by atoms with Gasteiger partial charge in [0.2, 0.25) is 5.91 Å². The predicted molar refractivity (Wildman–Crippen MR) is 76.0 cm³/mol. The van der Waals surface area contributed by atoms with E-state index in [1.54, 1.807) is 0 Å². The monoisotopic (exact) mass is 268 g/mol. The molecule has 1 aliphatic carbocycles. The highest BCUT2D eigenvalue weighted by Crippen LogP contribution is 2.30. The van der Waals surface area contributed by atoms with E-state index in [4.69, 9.17) is 4.74 Å². The summed E-state index contributed by atoms with van der Waals surface area (Å²) in [4.78, 5) is 12.3. The molecule has 1 saturated heterocycles. The molecule has 1 heterocycles. The van der Waals surface area contributed by atoms with Crippen LogP contribution in [-0.4, -0.2) is 37.7 Å². The van der Waals surface area contributed by atoms with Crippen molar-refractivity contribution in [1.82, 2.24) is 10.6 Å². The van der Waals surface area contributed by atoms with E-state index in [9.17, 15) is 4.79 Å². The summed E-state index contributed by atoms with van der Waals surface area (Å²) >= 11 is 0. The Morgan fingerprint density at radius 2 is 2.11 bits per heavy atom. The molecule has 1 aliphatic heterocycles. The lowest BCUT2D eigenvalue weighted by atomic mass is 9.79. The zero-order valence-electron chi connectivity index (χ0n) is 12.3. The minimum Gasteiger partial charge on any atom is -0.381 e. The van der Waals surface area contributed by atoms with Gasteiger partial charge in [0.05, 0.1) is 6.61 Å². The lowest BCUT2D eigenvalue weighted by molar-refractivity contribution is -0.123. The average Bonchev–Trinajstić information content (AvgIpc) is 2.93. The number of amides is 1. The Hall–Kier alpha value is -0.610. The van der Waals surface area contributed by atoms with E-state index in [2.05, 4.69) is 17.6 Å². The normalized spacial score (nSPS) is 28.0. The molecular weight excluding hydrogens is 240 g/mol. The Labute approximate surface area is 116 Å². The lowest BCUT2D eigenvalue weighted by Crippen LogP contribution is -2.50. The van der Waals surface area contributed by atoms with E-state index in [1.165, 1.54) is 19.3 Å². The summed E-state index contributed by atoms with van der Waals surface area (Å²) in [6.07, 6.45) is 7.71. The van der Waals surface area contributed by atoms with Crippen LogP contribution in [0.1, 0.15) is 51.9 Å². The van der Waals surface area contributed by atoms with Crippen molar-refractivity contribution in [2.75, 3.05) is 20.3 Å². The molecule has 2 aliphatic rings. The van der Waals surface area contributed by atoms with Crippen molar-refractivity contribution < 1.29 is 9.53 Å². The molecule has 19 heavy (non-hydrogen) atoms. The Morgan fingerprint density at radius 1 is 1.37 bits per heavy atom. The Bertz CT molecular complexity index is 295. The van der Waals surface area contributed by atoms with Gasteiger partial charge in [0, 0.05) is 30.5 Å². The summed E-state index contributed by atoms with van der Waals surface area (Å²) < 4.78 is 5.39. The minimum absolute atomic E-state index is 0.0359. The summed E-state index contributed by atoms with van der Waals surface area (Å²) in [6.45, 7) is 3.73. The smallest absolute Gasteiger partial charge is 0.222 e. The fraction of sp³-hybridized carbons (Fsp3) is 0.933. The fourth-order valence-electron chi connectivity index (χ4n) is 3.42. The number of hydrogen-bond acceptors (Lipinski definition) is 3. The Kier molecular flexibility index (Phi) is 5.22. The largest absolute Gasteiger partial charge is 0.381 e. The third-order valence-electron chi connectivity index (χ3n) is 4.90. The molecule has 2 rings (SSSR count). The predicted octanol–water partition coefficient (Wildman–Crippen LogP) is 1.84. The van der Waals surface area contributed by atoms with Crippen molar-refractivity contribution in [3.05, 3.63) is 0 Å². The van der Waals surface area contributed by atoms with Crippen molar-refractivity contribution in [3.63, 3.8) is 0 Å². The van der Waals surface area contributed by atoms with Crippen LogP contribution >= 0.6 is 0 Å². The molecule has 0 radical (unpaired) electrons. The molecule has 0 aromatic carbocycles. The van der Waals surface area contributed by atoms with Crippen LogP contribution in [-0.2, 0) is 9.53 Å². The molecule has 0 bridgehead atoms. The molecule has 110 valence electrons. The van der Waals surface area contributed by atoms with Crippen LogP contribution in [0.15, 0.2) is 0 Å². The second-order valence-corrected chi connectivity index (χ2v) is 6.25. The second kappa shape index (κ2) is 6.71. The number of carbonyl (C=O) groups is 1. The average molecular weight is 268 g/mol. The van der Waals surface area contributed by atoms with Crippen molar-refractivity contribution in [2.24, 2.45) is 5.92 Å². The van der Waals surface area contributed by atoms with Gasteiger partial charge in [-0.2, -0.15) is 0 Å². The molecular formula is C15H28N2O2. The van der Waals surface area contributed by atoms with Gasteiger partial charge in [-0.25, -0.2) is 0 Å². The van der Waals surface area contributed by atoms with Crippen LogP contribution in [0.4, 0.5) is 0 Å². The first-order chi connectivity index (χ1) is 9.15. The molecule has 1 amide bonds. The number of hydrogen-bond donors (Lipinski definition) is 2. The number of ether oxygens (including phenoxy) is 1. The fourth-order valence-corrected chi connectivity index (χ4v) is 3.42. The summed E-state index contributed by atoms with van der Waals surface area (Å²) in [6, 6.07) is 0.229. The van der Waals surface area contributed by atoms with Crippen molar-refractivity contribution in [2.45, 2.75) is 63.5 Å². The molecule has 0 spiro atoms. The van der Waals surface area contributed by atoms with Crippen molar-refractivity contribution in [3.8, 4) is 0 Å². The van der Waals surface area contributed by atoms with Crippen molar-refractivity contribution in [1.29, 1.82) is 0 Å². The highest BCUT2D eigenvalue weighted by molar-refractivity contribution is 5.77. The molecule has 0 aromatic heterocycles. The highest BCUT2D eigenvalue weighted by atomic mass is 16.5. The third-order valence-corrected chi connectivity index (χ3v) is 4.90. The van der Waals surface area contributed by atoms with Crippen LogP contribution in [0.3, 0.4) is 0 Å². The first-order valence-electron chi connectivity index (χ1n) is 7.71. The first kappa shape index (κ1) is 14.8. The minimum atomic E-state index is 0.0359. The quantitative estimate of drug-likeness (QED) is 0.800.